The average molecular weight is 431 g/mol. The van der Waals surface area contributed by atoms with Gasteiger partial charge in [0.05, 0.1) is 6.61 Å². The zero-order valence-corrected chi connectivity index (χ0v) is 19.5. The van der Waals surface area contributed by atoms with E-state index in [1.807, 2.05) is 0 Å². The van der Waals surface area contributed by atoms with Crippen LogP contribution in [0.3, 0.4) is 0 Å². The summed E-state index contributed by atoms with van der Waals surface area (Å²) in [4.78, 5) is 0. The van der Waals surface area contributed by atoms with Crippen LogP contribution in [0, 0.1) is 29.4 Å². The molecular weight excluding hydrogens is 390 g/mol. The fourth-order valence-electron chi connectivity index (χ4n) is 5.34. The van der Waals surface area contributed by atoms with Crippen LogP contribution >= 0.6 is 0 Å². The summed E-state index contributed by atoms with van der Waals surface area (Å²) >= 11 is 0. The fourth-order valence-corrected chi connectivity index (χ4v) is 5.34. The largest absolute Gasteiger partial charge is 0.491 e. The van der Waals surface area contributed by atoms with Gasteiger partial charge in [-0.15, -0.1) is 0 Å². The highest BCUT2D eigenvalue weighted by Gasteiger charge is 2.24. The van der Waals surface area contributed by atoms with Gasteiger partial charge in [0, 0.05) is 5.56 Å². The lowest BCUT2D eigenvalue weighted by molar-refractivity contribution is 0.239. The van der Waals surface area contributed by atoms with E-state index >= 15 is 0 Å². The Labute approximate surface area is 188 Å². The summed E-state index contributed by atoms with van der Waals surface area (Å²) in [7, 11) is 0. The number of rotatable bonds is 10. The minimum Gasteiger partial charge on any atom is -0.491 e. The minimum atomic E-state index is -0.862. The molecule has 1 nitrogen and oxygen atoms in total. The predicted octanol–water partition coefficient (Wildman–Crippen LogP) is 8.88. The van der Waals surface area contributed by atoms with Gasteiger partial charge < -0.3 is 4.74 Å². The molecule has 0 radical (unpaired) electrons. The zero-order valence-electron chi connectivity index (χ0n) is 19.5. The van der Waals surface area contributed by atoms with Crippen molar-refractivity contribution in [3.05, 3.63) is 47.6 Å². The Morgan fingerprint density at radius 3 is 2.23 bits per heavy atom. The molecule has 3 heteroatoms. The summed E-state index contributed by atoms with van der Waals surface area (Å²) in [6, 6.07) is 3.23. The van der Waals surface area contributed by atoms with Crippen LogP contribution < -0.4 is 4.74 Å². The number of allylic oxidation sites excluding steroid dienone is 4. The van der Waals surface area contributed by atoms with Gasteiger partial charge in [-0.25, -0.2) is 4.39 Å². The molecule has 31 heavy (non-hydrogen) atoms. The first-order chi connectivity index (χ1) is 15.1. The van der Waals surface area contributed by atoms with Crippen LogP contribution in [0.5, 0.6) is 5.75 Å². The Morgan fingerprint density at radius 1 is 0.871 bits per heavy atom. The van der Waals surface area contributed by atoms with Gasteiger partial charge in [-0.1, -0.05) is 57.3 Å². The monoisotopic (exact) mass is 430 g/mol. The van der Waals surface area contributed by atoms with Crippen molar-refractivity contribution in [2.24, 2.45) is 17.8 Å². The molecule has 1 saturated carbocycles. The van der Waals surface area contributed by atoms with Crippen LogP contribution in [0.4, 0.5) is 8.78 Å². The van der Waals surface area contributed by atoms with Gasteiger partial charge in [0.2, 0.25) is 5.82 Å². The summed E-state index contributed by atoms with van der Waals surface area (Å²) in [5, 5.41) is 0. The Kier molecular flexibility index (Phi) is 9.61. The number of benzene rings is 1. The molecule has 0 aliphatic heterocycles. The molecule has 2 aliphatic rings. The second kappa shape index (κ2) is 12.4. The zero-order chi connectivity index (χ0) is 22.1. The van der Waals surface area contributed by atoms with Gasteiger partial charge in [-0.3, -0.25) is 0 Å². The molecule has 1 atom stereocenters. The summed E-state index contributed by atoms with van der Waals surface area (Å²) in [5.74, 6) is 0.895. The maximum atomic E-state index is 14.5. The average Bonchev–Trinajstić information content (AvgIpc) is 2.80. The Bertz CT molecular complexity index is 744. The van der Waals surface area contributed by atoms with Crippen molar-refractivity contribution >= 4 is 5.57 Å². The summed E-state index contributed by atoms with van der Waals surface area (Å²) in [6.45, 7) is 4.30. The van der Waals surface area contributed by atoms with Crippen LogP contribution in [0.15, 0.2) is 30.4 Å². The van der Waals surface area contributed by atoms with Crippen molar-refractivity contribution in [1.29, 1.82) is 0 Å². The van der Waals surface area contributed by atoms with Crippen LogP contribution in [0.2, 0.25) is 0 Å². The molecule has 0 bridgehead atoms. The van der Waals surface area contributed by atoms with Crippen LogP contribution in [-0.2, 0) is 0 Å². The highest BCUT2D eigenvalue weighted by atomic mass is 19.2. The third kappa shape index (κ3) is 6.92. The standard InChI is InChI=1S/C28H40F2O/c1-3-5-6-7-8-21-9-11-22(12-10-21)13-14-23-15-17-24(18-16-23)25-19-20-26(31-4-2)28(30)27(25)29/h5-6,17,19-23H,3-4,7-16,18H2,1-2H3. The molecule has 1 aromatic carbocycles. The second-order valence-electron chi connectivity index (χ2n) is 9.46. The molecule has 0 spiro atoms. The quantitative estimate of drug-likeness (QED) is 0.337. The highest BCUT2D eigenvalue weighted by Crippen LogP contribution is 2.38. The Morgan fingerprint density at radius 2 is 1.58 bits per heavy atom. The molecular formula is C28H40F2O. The topological polar surface area (TPSA) is 9.23 Å². The minimum absolute atomic E-state index is 0.00480. The highest BCUT2D eigenvalue weighted by molar-refractivity contribution is 5.67. The number of hydrogen-bond acceptors (Lipinski definition) is 1. The van der Waals surface area contributed by atoms with E-state index in [1.54, 1.807) is 19.1 Å². The Hall–Kier alpha value is -1.64. The van der Waals surface area contributed by atoms with Gasteiger partial charge in [-0.2, -0.15) is 4.39 Å². The molecule has 0 aromatic heterocycles. The maximum absolute atomic E-state index is 14.5. The first kappa shape index (κ1) is 24.0. The van der Waals surface area contributed by atoms with Crippen LogP contribution in [0.25, 0.3) is 5.57 Å². The molecule has 0 N–H and O–H groups in total. The summed E-state index contributed by atoms with van der Waals surface area (Å²) < 4.78 is 33.9. The van der Waals surface area contributed by atoms with E-state index in [4.69, 9.17) is 4.74 Å². The van der Waals surface area contributed by atoms with Gasteiger partial charge >= 0.3 is 0 Å². The van der Waals surface area contributed by atoms with E-state index in [-0.39, 0.29) is 5.75 Å². The first-order valence-electron chi connectivity index (χ1n) is 12.6. The van der Waals surface area contributed by atoms with E-state index in [1.165, 1.54) is 51.4 Å². The van der Waals surface area contributed by atoms with Crippen LogP contribution in [-0.4, -0.2) is 6.61 Å². The molecule has 0 saturated heterocycles. The summed E-state index contributed by atoms with van der Waals surface area (Å²) in [5.41, 5.74) is 1.36. The van der Waals surface area contributed by atoms with Crippen molar-refractivity contribution in [1.82, 2.24) is 0 Å². The maximum Gasteiger partial charge on any atom is 0.201 e. The van der Waals surface area contributed by atoms with Crippen LogP contribution in [0.1, 0.15) is 96.5 Å². The molecule has 1 unspecified atom stereocenters. The third-order valence-electron chi connectivity index (χ3n) is 7.31. The van der Waals surface area contributed by atoms with E-state index in [0.717, 1.165) is 43.1 Å². The smallest absolute Gasteiger partial charge is 0.201 e. The molecule has 2 aliphatic carbocycles. The lowest BCUT2D eigenvalue weighted by Gasteiger charge is -2.30. The number of hydrogen-bond donors (Lipinski definition) is 0. The van der Waals surface area contributed by atoms with Gasteiger partial charge in [0.25, 0.3) is 0 Å². The molecule has 172 valence electrons. The first-order valence-corrected chi connectivity index (χ1v) is 12.6. The number of halogens is 2. The predicted molar refractivity (Wildman–Crippen MR) is 126 cm³/mol. The molecule has 0 amide bonds. The second-order valence-corrected chi connectivity index (χ2v) is 9.46. The molecule has 0 heterocycles. The van der Waals surface area contributed by atoms with E-state index in [2.05, 4.69) is 25.2 Å². The normalized spacial score (nSPS) is 24.4. The summed E-state index contributed by atoms with van der Waals surface area (Å²) in [6.07, 6.45) is 21.7. The third-order valence-corrected chi connectivity index (χ3v) is 7.31. The number of ether oxygens (including phenoxy) is 1. The van der Waals surface area contributed by atoms with E-state index in [9.17, 15) is 8.78 Å². The molecule has 3 rings (SSSR count). The van der Waals surface area contributed by atoms with Gasteiger partial charge in [0.1, 0.15) is 0 Å². The Balaban J connectivity index is 1.41. The van der Waals surface area contributed by atoms with Crippen molar-refractivity contribution < 1.29 is 13.5 Å². The van der Waals surface area contributed by atoms with Gasteiger partial charge in [-0.05, 0) is 87.3 Å². The fraction of sp³-hybridized carbons (Fsp3) is 0.643. The van der Waals surface area contributed by atoms with E-state index in [0.29, 0.717) is 18.1 Å². The van der Waals surface area contributed by atoms with Crippen molar-refractivity contribution in [2.45, 2.75) is 90.9 Å². The van der Waals surface area contributed by atoms with Gasteiger partial charge in [0.15, 0.2) is 11.6 Å². The SMILES string of the molecule is CCC=CCCC1CCC(CCC2CC=C(c3ccc(OCC)c(F)c3F)CC2)CC1. The van der Waals surface area contributed by atoms with Crippen molar-refractivity contribution in [3.8, 4) is 5.75 Å². The lowest BCUT2D eigenvalue weighted by Crippen LogP contribution is -2.16. The molecule has 1 aromatic rings. The van der Waals surface area contributed by atoms with E-state index < -0.39 is 11.6 Å². The molecule has 1 fully saturated rings. The van der Waals surface area contributed by atoms with Crippen molar-refractivity contribution in [2.75, 3.05) is 6.61 Å². The lowest BCUT2D eigenvalue weighted by atomic mass is 9.76. The van der Waals surface area contributed by atoms with Crippen molar-refractivity contribution in [3.63, 3.8) is 0 Å².